The zero-order valence-electron chi connectivity index (χ0n) is 6.29. The van der Waals surface area contributed by atoms with E-state index in [1.165, 1.54) is 14.2 Å². The second-order valence-electron chi connectivity index (χ2n) is 1.50. The van der Waals surface area contributed by atoms with E-state index in [2.05, 4.69) is 12.3 Å². The van der Waals surface area contributed by atoms with Gasteiger partial charge < -0.3 is 14.0 Å². The fourth-order valence-electron chi connectivity index (χ4n) is 0.418. The Labute approximate surface area is 61.5 Å². The Bertz CT molecular complexity index is 116. The molecule has 0 fully saturated rings. The Morgan fingerprint density at radius 1 is 1.50 bits per heavy atom. The smallest absolute Gasteiger partial charge is 0.389 e. The quantitative estimate of drug-likeness (QED) is 0.416. The van der Waals surface area contributed by atoms with E-state index in [0.717, 1.165) is 0 Å². The molecule has 0 spiro atoms. The zero-order valence-corrected chi connectivity index (χ0v) is 6.29. The lowest BCUT2D eigenvalue weighted by Gasteiger charge is -2.05. The summed E-state index contributed by atoms with van der Waals surface area (Å²) in [5, 5.41) is 0. The molecule has 0 atom stereocenters. The van der Waals surface area contributed by atoms with Crippen molar-refractivity contribution in [3.8, 4) is 0 Å². The van der Waals surface area contributed by atoms with E-state index in [1.807, 2.05) is 0 Å². The summed E-state index contributed by atoms with van der Waals surface area (Å²) in [5.74, 6) is 0. The van der Waals surface area contributed by atoms with Gasteiger partial charge in [0, 0.05) is 14.2 Å². The van der Waals surface area contributed by atoms with Crippen LogP contribution < -0.4 is 0 Å². The molecule has 0 rings (SSSR count). The van der Waals surface area contributed by atoms with Crippen LogP contribution in [0.15, 0.2) is 18.4 Å². The molecule has 0 aliphatic rings. The molecular weight excluding hydrogens is 131 g/mol. The van der Waals surface area contributed by atoms with E-state index < -0.39 is 7.32 Å². The van der Waals surface area contributed by atoms with Crippen LogP contribution in [0.3, 0.4) is 0 Å². The van der Waals surface area contributed by atoms with E-state index in [9.17, 15) is 0 Å². The average molecular weight is 142 g/mol. The van der Waals surface area contributed by atoms with Crippen molar-refractivity contribution in [2.75, 3.05) is 20.8 Å². The van der Waals surface area contributed by atoms with Gasteiger partial charge >= 0.3 is 7.32 Å². The van der Waals surface area contributed by atoms with E-state index in [0.29, 0.717) is 6.61 Å². The Balaban J connectivity index is 3.34. The molecule has 0 heterocycles. The minimum atomic E-state index is -0.593. The molecular formula is C6H11BO3. The van der Waals surface area contributed by atoms with Crippen LogP contribution >= 0.6 is 0 Å². The van der Waals surface area contributed by atoms with Crippen LogP contribution in [0.4, 0.5) is 0 Å². The first-order valence-corrected chi connectivity index (χ1v) is 2.86. The lowest BCUT2D eigenvalue weighted by molar-refractivity contribution is 0.149. The summed E-state index contributed by atoms with van der Waals surface area (Å²) in [6.45, 7) is 3.77. The molecule has 0 saturated heterocycles. The first kappa shape index (κ1) is 9.46. The van der Waals surface area contributed by atoms with Gasteiger partial charge in [0.1, 0.15) is 0 Å². The third-order valence-corrected chi connectivity index (χ3v) is 0.845. The maximum Gasteiger partial charge on any atom is 0.639 e. The van der Waals surface area contributed by atoms with E-state index in [-0.39, 0.29) is 0 Å². The van der Waals surface area contributed by atoms with Crippen molar-refractivity contribution in [2.45, 2.75) is 0 Å². The van der Waals surface area contributed by atoms with Crippen molar-refractivity contribution < 1.29 is 14.0 Å². The summed E-state index contributed by atoms with van der Waals surface area (Å²) < 4.78 is 14.4. The fraction of sp³-hybridized carbons (Fsp3) is 0.500. The molecule has 4 heteroatoms. The van der Waals surface area contributed by atoms with Gasteiger partial charge in [-0.2, -0.15) is 0 Å². The second-order valence-corrected chi connectivity index (χ2v) is 1.50. The normalized spacial score (nSPS) is 8.60. The summed E-state index contributed by atoms with van der Waals surface area (Å²) in [7, 11) is 2.42. The molecule has 0 radical (unpaired) electrons. The number of rotatable bonds is 5. The second kappa shape index (κ2) is 6.58. The van der Waals surface area contributed by atoms with Gasteiger partial charge in [-0.1, -0.05) is 6.58 Å². The zero-order chi connectivity index (χ0) is 7.82. The highest BCUT2D eigenvalue weighted by Gasteiger charge is 2.14. The topological polar surface area (TPSA) is 27.7 Å². The summed E-state index contributed by atoms with van der Waals surface area (Å²) in [6, 6.07) is 0. The molecule has 0 amide bonds. The lowest BCUT2D eigenvalue weighted by atomic mass is 10.2. The fourth-order valence-corrected chi connectivity index (χ4v) is 0.418. The Morgan fingerprint density at radius 3 is 2.50 bits per heavy atom. The predicted octanol–water partition coefficient (Wildman–Crippen LogP) is 0.622. The molecule has 0 aromatic heterocycles. The molecule has 56 valence electrons. The largest absolute Gasteiger partial charge is 0.639 e. The molecule has 10 heavy (non-hydrogen) atoms. The minimum Gasteiger partial charge on any atom is -0.389 e. The highest BCUT2D eigenvalue weighted by Crippen LogP contribution is 1.86. The van der Waals surface area contributed by atoms with Crippen molar-refractivity contribution in [3.63, 3.8) is 0 Å². The van der Waals surface area contributed by atoms with Gasteiger partial charge in [0.25, 0.3) is 0 Å². The van der Waals surface area contributed by atoms with E-state index in [1.54, 1.807) is 6.08 Å². The molecule has 0 aliphatic heterocycles. The highest BCUT2D eigenvalue weighted by atomic mass is 16.7. The van der Waals surface area contributed by atoms with E-state index in [4.69, 9.17) is 14.0 Å². The van der Waals surface area contributed by atoms with E-state index >= 15 is 0 Å². The summed E-state index contributed by atoms with van der Waals surface area (Å²) in [5.41, 5.74) is 2.56. The first-order valence-electron chi connectivity index (χ1n) is 2.86. The standard InChI is InChI=1S/C6H11BO3/c1-4-5-6-10-7(8-2)9-3/h5H,1,6H2,2-3H3. The van der Waals surface area contributed by atoms with Crippen molar-refractivity contribution in [3.05, 3.63) is 18.4 Å². The number of hydrogen-bond acceptors (Lipinski definition) is 3. The summed E-state index contributed by atoms with van der Waals surface area (Å²) in [6.07, 6.45) is 1.64. The SMILES string of the molecule is C=C=CCOB(OC)OC. The minimum absolute atomic E-state index is 0.399. The third kappa shape index (κ3) is 4.35. The lowest BCUT2D eigenvalue weighted by Crippen LogP contribution is -2.23. The van der Waals surface area contributed by atoms with Crippen molar-refractivity contribution in [1.29, 1.82) is 0 Å². The molecule has 0 aromatic rings. The molecule has 0 bridgehead atoms. The molecule has 0 saturated carbocycles. The van der Waals surface area contributed by atoms with Gasteiger partial charge in [-0.3, -0.25) is 0 Å². The van der Waals surface area contributed by atoms with Gasteiger partial charge in [0.05, 0.1) is 6.61 Å². The summed E-state index contributed by atoms with van der Waals surface area (Å²) in [4.78, 5) is 0. The maximum atomic E-state index is 4.98. The van der Waals surface area contributed by atoms with Crippen LogP contribution in [0.1, 0.15) is 0 Å². The first-order chi connectivity index (χ1) is 4.85. The van der Waals surface area contributed by atoms with Crippen molar-refractivity contribution in [1.82, 2.24) is 0 Å². The summed E-state index contributed by atoms with van der Waals surface area (Å²) >= 11 is 0. The van der Waals surface area contributed by atoms with Crippen LogP contribution in [-0.2, 0) is 14.0 Å². The Morgan fingerprint density at radius 2 is 2.10 bits per heavy atom. The average Bonchev–Trinajstić information content (AvgIpc) is 1.99. The van der Waals surface area contributed by atoms with Crippen LogP contribution in [0, 0.1) is 0 Å². The van der Waals surface area contributed by atoms with Crippen LogP contribution in [0.25, 0.3) is 0 Å². The van der Waals surface area contributed by atoms with Gasteiger partial charge in [0.15, 0.2) is 0 Å². The van der Waals surface area contributed by atoms with Crippen LogP contribution in [0.5, 0.6) is 0 Å². The van der Waals surface area contributed by atoms with Crippen molar-refractivity contribution >= 4 is 7.32 Å². The van der Waals surface area contributed by atoms with Gasteiger partial charge in [-0.05, 0) is 6.08 Å². The molecule has 0 N–H and O–H groups in total. The third-order valence-electron chi connectivity index (χ3n) is 0.845. The monoisotopic (exact) mass is 142 g/mol. The predicted molar refractivity (Wildman–Crippen MR) is 39.4 cm³/mol. The molecule has 0 aliphatic carbocycles. The number of hydrogen-bond donors (Lipinski definition) is 0. The molecule has 3 nitrogen and oxygen atoms in total. The molecule has 0 aromatic carbocycles. The van der Waals surface area contributed by atoms with Gasteiger partial charge in [-0.15, -0.1) is 5.73 Å². The van der Waals surface area contributed by atoms with Gasteiger partial charge in [0.2, 0.25) is 0 Å². The maximum absolute atomic E-state index is 4.98. The molecule has 0 unspecified atom stereocenters. The Kier molecular flexibility index (Phi) is 6.23. The van der Waals surface area contributed by atoms with Gasteiger partial charge in [-0.25, -0.2) is 0 Å². The van der Waals surface area contributed by atoms with Crippen molar-refractivity contribution in [2.24, 2.45) is 0 Å². The van der Waals surface area contributed by atoms with Crippen LogP contribution in [-0.4, -0.2) is 28.1 Å². The highest BCUT2D eigenvalue weighted by molar-refractivity contribution is 6.36. The Hall–Kier alpha value is -0.535. The van der Waals surface area contributed by atoms with Crippen LogP contribution in [0.2, 0.25) is 0 Å².